The quantitative estimate of drug-likeness (QED) is 0.163. The van der Waals surface area contributed by atoms with Crippen molar-refractivity contribution in [1.29, 1.82) is 0 Å². The van der Waals surface area contributed by atoms with Crippen LogP contribution in [0.15, 0.2) is 103 Å². The summed E-state index contributed by atoms with van der Waals surface area (Å²) in [6.45, 7) is 39.2. The van der Waals surface area contributed by atoms with Gasteiger partial charge in [0.2, 0.25) is 0 Å². The van der Waals surface area contributed by atoms with Gasteiger partial charge in [-0.25, -0.2) is 0 Å². The molecule has 0 radical (unpaired) electrons. The van der Waals surface area contributed by atoms with E-state index in [-0.39, 0.29) is 44.6 Å². The topological polar surface area (TPSA) is 6.48 Å². The number of hydrogen-bond acceptors (Lipinski definition) is 3. The second kappa shape index (κ2) is 15.0. The van der Waals surface area contributed by atoms with Crippen LogP contribution < -0.4 is 25.5 Å². The zero-order valence-electron chi connectivity index (χ0n) is 45.9. The number of thiophene rings is 1. The van der Waals surface area contributed by atoms with Crippen molar-refractivity contribution in [1.82, 2.24) is 0 Å². The highest BCUT2D eigenvalue weighted by molar-refractivity contribution is 7.33. The molecule has 6 aromatic carbocycles. The summed E-state index contributed by atoms with van der Waals surface area (Å²) in [4.78, 5) is 5.46. The molecule has 0 saturated heterocycles. The second-order valence-corrected chi connectivity index (χ2v) is 28.9. The van der Waals surface area contributed by atoms with E-state index in [1.807, 2.05) is 0 Å². The summed E-state index contributed by atoms with van der Waals surface area (Å²) in [7, 11) is 0. The summed E-state index contributed by atoms with van der Waals surface area (Å²) < 4.78 is 2.89. The average molecular weight is 953 g/mol. The average Bonchev–Trinajstić information content (AvgIpc) is 3.68. The summed E-state index contributed by atoms with van der Waals surface area (Å²) in [6, 6.07) is 42.2. The van der Waals surface area contributed by atoms with Crippen LogP contribution in [0.25, 0.3) is 21.2 Å². The highest BCUT2D eigenvalue weighted by Crippen LogP contribution is 2.56. The Hall–Kier alpha value is -5.06. The fraction of sp³-hybridized carbons (Fsp3) is 0.433. The summed E-state index contributed by atoms with van der Waals surface area (Å²) in [6.07, 6.45) is 7.13. The molecule has 0 saturated carbocycles. The molecule has 0 N–H and O–H groups in total. The molecule has 4 heteroatoms. The maximum absolute atomic E-state index is 2.77. The minimum Gasteiger partial charge on any atom is -0.311 e. The molecule has 0 fully saturated rings. The number of aryl methyl sites for hydroxylation is 1. The SMILES string of the molecule is Cc1ccccc1-c1cc2c3c(c1)N(c1ccc4c(c1)C(C)(C)CCC4(C)C)c1c(sc4cc5c(cc14)C(C)(C)CCC5(C)C)B3c1cc3c(cc1N2c1ccc(C(C)(C)C)cc1)C(C)(C)CCC3(C)C. The van der Waals surface area contributed by atoms with Gasteiger partial charge >= 0.3 is 0 Å². The maximum Gasteiger partial charge on any atom is 0.264 e. The van der Waals surface area contributed by atoms with E-state index < -0.39 is 0 Å². The van der Waals surface area contributed by atoms with Crippen LogP contribution in [0.1, 0.15) is 187 Å². The Morgan fingerprint density at radius 2 is 0.972 bits per heavy atom. The molecule has 1 aromatic heterocycles. The number of nitrogens with zero attached hydrogens (tertiary/aromatic N) is 2. The lowest BCUT2D eigenvalue weighted by Gasteiger charge is -2.47. The third-order valence-electron chi connectivity index (χ3n) is 19.1. The van der Waals surface area contributed by atoms with Crippen molar-refractivity contribution in [2.75, 3.05) is 9.80 Å². The van der Waals surface area contributed by atoms with Gasteiger partial charge in [-0.3, -0.25) is 0 Å². The van der Waals surface area contributed by atoms with E-state index in [4.69, 9.17) is 0 Å². The Labute approximate surface area is 431 Å². The van der Waals surface area contributed by atoms with Crippen LogP contribution in [0.5, 0.6) is 0 Å². The summed E-state index contributed by atoms with van der Waals surface area (Å²) in [5.41, 5.74) is 25.5. The monoisotopic (exact) mass is 953 g/mol. The minimum atomic E-state index is 0.0441. The van der Waals surface area contributed by atoms with Crippen LogP contribution in [0.4, 0.5) is 34.1 Å². The molecule has 0 atom stereocenters. The van der Waals surface area contributed by atoms with Crippen molar-refractivity contribution in [3.8, 4) is 11.1 Å². The van der Waals surface area contributed by atoms with Crippen molar-refractivity contribution in [2.24, 2.45) is 0 Å². The molecule has 0 amide bonds. The van der Waals surface area contributed by atoms with E-state index in [0.717, 1.165) is 0 Å². The van der Waals surface area contributed by atoms with E-state index in [2.05, 4.69) is 235 Å². The predicted molar refractivity (Wildman–Crippen MR) is 311 cm³/mol. The number of fused-ring (bicyclic) bond motifs is 9. The fourth-order valence-corrected chi connectivity index (χ4v) is 15.4. The Bertz CT molecular complexity index is 3380. The number of anilines is 6. The summed E-state index contributed by atoms with van der Waals surface area (Å²) >= 11 is 2.08. The molecule has 5 aliphatic rings. The normalized spacial score (nSPS) is 20.4. The van der Waals surface area contributed by atoms with Gasteiger partial charge in [0.1, 0.15) is 0 Å². The van der Waals surface area contributed by atoms with Crippen LogP contribution in [0, 0.1) is 6.92 Å². The van der Waals surface area contributed by atoms with Crippen molar-refractivity contribution in [2.45, 2.75) is 187 Å². The summed E-state index contributed by atoms with van der Waals surface area (Å²) in [5.74, 6) is 0. The van der Waals surface area contributed by atoms with E-state index in [1.165, 1.54) is 154 Å². The van der Waals surface area contributed by atoms with Gasteiger partial charge in [-0.2, -0.15) is 0 Å². The molecule has 7 aromatic rings. The molecule has 3 heterocycles. The van der Waals surface area contributed by atoms with Crippen molar-refractivity contribution in [3.63, 3.8) is 0 Å². The van der Waals surface area contributed by atoms with Gasteiger partial charge in [-0.1, -0.05) is 152 Å². The largest absolute Gasteiger partial charge is 0.311 e. The molecule has 0 bridgehead atoms. The van der Waals surface area contributed by atoms with Crippen molar-refractivity contribution >= 4 is 78.0 Å². The molecular formula is C67H77BN2S. The molecule has 0 spiro atoms. The Morgan fingerprint density at radius 3 is 1.55 bits per heavy atom. The molecule has 3 aliphatic carbocycles. The van der Waals surface area contributed by atoms with Gasteiger partial charge in [0.15, 0.2) is 0 Å². The van der Waals surface area contributed by atoms with E-state index >= 15 is 0 Å². The third kappa shape index (κ3) is 6.98. The molecular weight excluding hydrogens is 876 g/mol. The Balaban J connectivity index is 1.25. The molecule has 2 aliphatic heterocycles. The van der Waals surface area contributed by atoms with Crippen molar-refractivity contribution < 1.29 is 0 Å². The fourth-order valence-electron chi connectivity index (χ4n) is 14.0. The first-order chi connectivity index (χ1) is 33.2. The molecule has 0 unspecified atom stereocenters. The molecule has 12 rings (SSSR count). The first-order valence-electron chi connectivity index (χ1n) is 27.1. The smallest absolute Gasteiger partial charge is 0.264 e. The first kappa shape index (κ1) is 47.0. The second-order valence-electron chi connectivity index (χ2n) is 27.8. The lowest BCUT2D eigenvalue weighted by molar-refractivity contribution is 0.332. The van der Waals surface area contributed by atoms with Crippen molar-refractivity contribution in [3.05, 3.63) is 148 Å². The molecule has 364 valence electrons. The van der Waals surface area contributed by atoms with Gasteiger partial charge in [0.05, 0.1) is 5.69 Å². The van der Waals surface area contributed by atoms with Gasteiger partial charge in [-0.05, 0) is 205 Å². The predicted octanol–water partition coefficient (Wildman–Crippen LogP) is 17.3. The maximum atomic E-state index is 2.77. The highest BCUT2D eigenvalue weighted by atomic mass is 32.1. The number of rotatable bonds is 3. The van der Waals surface area contributed by atoms with Gasteiger partial charge in [-0.15, -0.1) is 11.3 Å². The zero-order valence-corrected chi connectivity index (χ0v) is 46.8. The van der Waals surface area contributed by atoms with Crippen LogP contribution in [0.2, 0.25) is 0 Å². The third-order valence-corrected chi connectivity index (χ3v) is 20.4. The van der Waals surface area contributed by atoms with Crippen LogP contribution >= 0.6 is 11.3 Å². The molecule has 2 nitrogen and oxygen atoms in total. The molecule has 71 heavy (non-hydrogen) atoms. The van der Waals surface area contributed by atoms with Crippen LogP contribution in [0.3, 0.4) is 0 Å². The lowest BCUT2D eigenvalue weighted by atomic mass is 9.35. The van der Waals surface area contributed by atoms with Crippen LogP contribution in [-0.4, -0.2) is 6.71 Å². The number of benzene rings is 6. The standard InChI is InChI=1S/C67H77BN2S/c1-40-19-17-18-20-45(40)41-33-55-58-56(34-41)70(44-25-26-47-48(35-44)63(7,8)28-27-62(47,5)6)59-46-36-49-52(67(15,16)32-29-64(49,9)10)39-57(46)71-60(59)68(58)53-37-50-51(66(13,14)31-30-65(50,11)12)38-54(53)69(55)43-23-21-42(22-24-43)61(2,3)4/h17-26,33-39H,27-32H2,1-16H3. The first-order valence-corrected chi connectivity index (χ1v) is 27.9. The number of hydrogen-bond donors (Lipinski definition) is 0. The van der Waals surface area contributed by atoms with Gasteiger partial charge in [0.25, 0.3) is 6.71 Å². The summed E-state index contributed by atoms with van der Waals surface area (Å²) in [5, 5.41) is 1.40. The van der Waals surface area contributed by atoms with E-state index in [1.54, 1.807) is 0 Å². The highest BCUT2D eigenvalue weighted by Gasteiger charge is 2.49. The van der Waals surface area contributed by atoms with Crippen LogP contribution in [-0.2, 0) is 37.9 Å². The lowest BCUT2D eigenvalue weighted by Crippen LogP contribution is -2.61. The Morgan fingerprint density at radius 1 is 0.479 bits per heavy atom. The zero-order chi connectivity index (χ0) is 50.3. The van der Waals surface area contributed by atoms with E-state index in [0.29, 0.717) is 0 Å². The minimum absolute atomic E-state index is 0.0441. The Kier molecular flexibility index (Phi) is 9.94. The van der Waals surface area contributed by atoms with Gasteiger partial charge in [0, 0.05) is 43.3 Å². The van der Waals surface area contributed by atoms with Gasteiger partial charge < -0.3 is 9.80 Å². The van der Waals surface area contributed by atoms with E-state index in [9.17, 15) is 0 Å².